The number of aromatic nitrogens is 2. The van der Waals surface area contributed by atoms with Crippen LogP contribution in [0.15, 0.2) is 35.0 Å². The van der Waals surface area contributed by atoms with Crippen LogP contribution in [0.2, 0.25) is 0 Å². The molecular formula is C13H14N4O. The fraction of sp³-hybridized carbons (Fsp3) is 0.231. The second-order valence-electron chi connectivity index (χ2n) is 4.43. The van der Waals surface area contributed by atoms with Crippen LogP contribution < -0.4 is 5.73 Å². The second-order valence-corrected chi connectivity index (χ2v) is 4.43. The average Bonchev–Trinajstić information content (AvgIpc) is 2.79. The summed E-state index contributed by atoms with van der Waals surface area (Å²) in [5.74, 6) is 1.18. The molecule has 2 aromatic rings. The topological polar surface area (TPSA) is 76.4 Å². The van der Waals surface area contributed by atoms with Crippen molar-refractivity contribution in [3.63, 3.8) is 0 Å². The van der Waals surface area contributed by atoms with Crippen molar-refractivity contribution in [3.8, 4) is 0 Å². The van der Waals surface area contributed by atoms with Crippen LogP contribution >= 0.6 is 0 Å². The van der Waals surface area contributed by atoms with Crippen LogP contribution in [-0.4, -0.2) is 26.5 Å². The van der Waals surface area contributed by atoms with Crippen LogP contribution in [0.5, 0.6) is 0 Å². The number of aliphatic imine (C=N–C) groups is 1. The van der Waals surface area contributed by atoms with Crippen LogP contribution in [0, 0.1) is 0 Å². The summed E-state index contributed by atoms with van der Waals surface area (Å²) < 4.78 is 1.92. The lowest BCUT2D eigenvalue weighted by atomic mass is 10.2. The molecule has 18 heavy (non-hydrogen) atoms. The number of imidazole rings is 1. The van der Waals surface area contributed by atoms with Gasteiger partial charge in [-0.1, -0.05) is 12.1 Å². The summed E-state index contributed by atoms with van der Waals surface area (Å²) in [6, 6.07) is 7.51. The standard InChI is InChI=1S/C13H14N4O/c1-7-11(18)10(12(14)15-7)13-16-8-5-3-4-6-9(8)17(13)2/h3-7,18H,1-2H3,(H2,14,15). The number of benzene rings is 1. The zero-order chi connectivity index (χ0) is 12.9. The molecule has 3 N–H and O–H groups in total. The molecule has 0 aliphatic carbocycles. The molecule has 1 aromatic carbocycles. The third-order valence-electron chi connectivity index (χ3n) is 3.25. The van der Waals surface area contributed by atoms with Crippen LogP contribution in [0.25, 0.3) is 16.6 Å². The SMILES string of the molecule is CC1N=C(N)C(c2nc3ccccc3n2C)=C1O. The number of fused-ring (bicyclic) bond motifs is 1. The maximum Gasteiger partial charge on any atom is 0.148 e. The lowest BCUT2D eigenvalue weighted by molar-refractivity contribution is 0.383. The van der Waals surface area contributed by atoms with Gasteiger partial charge < -0.3 is 15.4 Å². The maximum absolute atomic E-state index is 10.1. The fourth-order valence-corrected chi connectivity index (χ4v) is 2.27. The summed E-state index contributed by atoms with van der Waals surface area (Å²) in [5, 5.41) is 10.1. The highest BCUT2D eigenvalue weighted by Gasteiger charge is 2.27. The number of amidine groups is 1. The number of aryl methyl sites for hydroxylation is 1. The summed E-state index contributed by atoms with van der Waals surface area (Å²) in [5.41, 5.74) is 8.28. The van der Waals surface area contributed by atoms with Crippen LogP contribution in [0.1, 0.15) is 12.7 Å². The number of nitrogens with two attached hydrogens (primary N) is 1. The number of aliphatic hydroxyl groups is 1. The van der Waals surface area contributed by atoms with Crippen molar-refractivity contribution in [1.82, 2.24) is 9.55 Å². The lowest BCUT2D eigenvalue weighted by Gasteiger charge is -2.04. The van der Waals surface area contributed by atoms with E-state index >= 15 is 0 Å². The van der Waals surface area contributed by atoms with E-state index in [9.17, 15) is 5.11 Å². The Labute approximate surface area is 104 Å². The Morgan fingerprint density at radius 3 is 2.67 bits per heavy atom. The number of nitrogens with zero attached hydrogens (tertiary/aromatic N) is 3. The van der Waals surface area contributed by atoms with Gasteiger partial charge in [0.2, 0.25) is 0 Å². The molecule has 1 aliphatic rings. The first-order valence-electron chi connectivity index (χ1n) is 5.78. The monoisotopic (exact) mass is 242 g/mol. The molecule has 0 amide bonds. The van der Waals surface area contributed by atoms with Crippen molar-refractivity contribution in [2.45, 2.75) is 13.0 Å². The minimum Gasteiger partial charge on any atom is -0.509 e. The van der Waals surface area contributed by atoms with Gasteiger partial charge in [0.1, 0.15) is 23.5 Å². The van der Waals surface area contributed by atoms with Crippen molar-refractivity contribution in [2.75, 3.05) is 0 Å². The highest BCUT2D eigenvalue weighted by Crippen LogP contribution is 2.28. The number of rotatable bonds is 1. The number of aliphatic hydroxyl groups excluding tert-OH is 1. The predicted octanol–water partition coefficient (Wildman–Crippen LogP) is 1.60. The molecule has 5 heteroatoms. The summed E-state index contributed by atoms with van der Waals surface area (Å²) in [4.78, 5) is 8.67. The minimum atomic E-state index is -0.292. The Hall–Kier alpha value is -2.30. The van der Waals surface area contributed by atoms with Gasteiger partial charge in [-0.05, 0) is 19.1 Å². The molecule has 2 heterocycles. The van der Waals surface area contributed by atoms with Gasteiger partial charge in [0.05, 0.1) is 16.6 Å². The number of hydrogen-bond acceptors (Lipinski definition) is 4. The second kappa shape index (κ2) is 3.60. The molecule has 0 spiro atoms. The van der Waals surface area contributed by atoms with Crippen molar-refractivity contribution < 1.29 is 5.11 Å². The minimum absolute atomic E-state index is 0.186. The van der Waals surface area contributed by atoms with E-state index in [4.69, 9.17) is 5.73 Å². The summed E-state index contributed by atoms with van der Waals surface area (Å²) in [7, 11) is 1.90. The molecule has 0 saturated heterocycles. The Morgan fingerprint density at radius 1 is 1.33 bits per heavy atom. The van der Waals surface area contributed by atoms with E-state index < -0.39 is 0 Å². The molecule has 92 valence electrons. The average molecular weight is 242 g/mol. The Morgan fingerprint density at radius 2 is 2.06 bits per heavy atom. The molecule has 1 unspecified atom stereocenters. The third kappa shape index (κ3) is 1.33. The first-order chi connectivity index (χ1) is 8.59. The number of para-hydroxylation sites is 2. The maximum atomic E-state index is 10.1. The van der Waals surface area contributed by atoms with E-state index in [0.717, 1.165) is 11.0 Å². The largest absolute Gasteiger partial charge is 0.509 e. The molecule has 5 nitrogen and oxygen atoms in total. The zero-order valence-corrected chi connectivity index (χ0v) is 10.3. The van der Waals surface area contributed by atoms with E-state index in [1.807, 2.05) is 35.9 Å². The van der Waals surface area contributed by atoms with Gasteiger partial charge in [-0.2, -0.15) is 0 Å². The molecule has 0 saturated carbocycles. The first-order valence-corrected chi connectivity index (χ1v) is 5.78. The van der Waals surface area contributed by atoms with Gasteiger partial charge in [0, 0.05) is 7.05 Å². The number of hydrogen-bond donors (Lipinski definition) is 2. The molecule has 1 atom stereocenters. The molecule has 3 rings (SSSR count). The van der Waals surface area contributed by atoms with E-state index in [1.54, 1.807) is 6.92 Å². The highest BCUT2D eigenvalue weighted by molar-refractivity contribution is 6.23. The van der Waals surface area contributed by atoms with Crippen LogP contribution in [-0.2, 0) is 7.05 Å². The summed E-state index contributed by atoms with van der Waals surface area (Å²) in [6.45, 7) is 1.80. The fourth-order valence-electron chi connectivity index (χ4n) is 2.27. The van der Waals surface area contributed by atoms with Gasteiger partial charge in [-0.25, -0.2) is 4.98 Å². The lowest BCUT2D eigenvalue weighted by Crippen LogP contribution is -2.14. The molecular weight excluding hydrogens is 228 g/mol. The van der Waals surface area contributed by atoms with Crippen molar-refractivity contribution >= 4 is 22.4 Å². The van der Waals surface area contributed by atoms with Crippen molar-refractivity contribution in [3.05, 3.63) is 35.8 Å². The van der Waals surface area contributed by atoms with E-state index in [1.165, 1.54) is 0 Å². The van der Waals surface area contributed by atoms with Gasteiger partial charge in [-0.3, -0.25) is 4.99 Å². The van der Waals surface area contributed by atoms with Gasteiger partial charge >= 0.3 is 0 Å². The van der Waals surface area contributed by atoms with E-state index in [2.05, 4.69) is 9.98 Å². The Kier molecular flexibility index (Phi) is 2.16. The molecule has 0 bridgehead atoms. The predicted molar refractivity (Wildman–Crippen MR) is 71.3 cm³/mol. The normalized spacial score (nSPS) is 19.7. The summed E-state index contributed by atoms with van der Waals surface area (Å²) >= 11 is 0. The van der Waals surface area contributed by atoms with Gasteiger partial charge in [-0.15, -0.1) is 0 Å². The molecule has 1 aromatic heterocycles. The van der Waals surface area contributed by atoms with Gasteiger partial charge in [0.15, 0.2) is 0 Å². The van der Waals surface area contributed by atoms with Gasteiger partial charge in [0.25, 0.3) is 0 Å². The van der Waals surface area contributed by atoms with Crippen molar-refractivity contribution in [2.24, 2.45) is 17.8 Å². The third-order valence-corrected chi connectivity index (χ3v) is 3.25. The van der Waals surface area contributed by atoms with Crippen LogP contribution in [0.3, 0.4) is 0 Å². The first kappa shape index (κ1) is 10.8. The van der Waals surface area contributed by atoms with Crippen molar-refractivity contribution in [1.29, 1.82) is 0 Å². The Balaban J connectivity index is 2.28. The van der Waals surface area contributed by atoms with Crippen LogP contribution in [0.4, 0.5) is 0 Å². The summed E-state index contributed by atoms with van der Waals surface area (Å²) in [6.07, 6.45) is 0. The van der Waals surface area contributed by atoms with E-state index in [0.29, 0.717) is 17.2 Å². The molecule has 1 aliphatic heterocycles. The zero-order valence-electron chi connectivity index (χ0n) is 10.3. The Bertz CT molecular complexity index is 696. The van der Waals surface area contributed by atoms with E-state index in [-0.39, 0.29) is 11.8 Å². The molecule has 0 radical (unpaired) electrons. The smallest absolute Gasteiger partial charge is 0.148 e. The molecule has 0 fully saturated rings. The quantitative estimate of drug-likeness (QED) is 0.797. The highest BCUT2D eigenvalue weighted by atomic mass is 16.3.